The van der Waals surface area contributed by atoms with Gasteiger partial charge in [-0.05, 0) is 134 Å². The van der Waals surface area contributed by atoms with Crippen LogP contribution in [0.4, 0.5) is 0 Å². The number of hydrogen-bond donors (Lipinski definition) is 9. The summed E-state index contributed by atoms with van der Waals surface area (Å²) < 4.78 is 28.5. The number of hydrogen-bond acceptors (Lipinski definition) is 41. The smallest absolute Gasteiger partial charge is 0.323 e. The highest BCUT2D eigenvalue weighted by molar-refractivity contribution is 8.77. The molecule has 10 unspecified atom stereocenters. The van der Waals surface area contributed by atoms with Crippen molar-refractivity contribution >= 4 is 225 Å². The Morgan fingerprint density at radius 2 is 0.351 bits per heavy atom. The minimum Gasteiger partial charge on any atom is -0.481 e. The Kier molecular flexibility index (Phi) is 94.9. The molecule has 0 aliphatic heterocycles. The number of nitrogens with one attached hydrogen (secondary N) is 5. The number of carboxylic acid groups (broad SMARTS) is 4. The second kappa shape index (κ2) is 92.7. The standard InChI is InChI=1S/C21H37NO6S2.C19H33NO6S2.2C17H29NO6S2.C15H25NO6S2/c1-16(23)11-9-7-5-6-8-10-12-18(24)13-17(20(25)27-3)14-29-30-15-19(22-2)21(26)28-4;1-14(21)9-7-5-6-8-10-16(22)11-15(18(23)25-3)12-27-28-13-17(20-2)19(24)26-4;1-12(19)7-5-6-8-14(20)9-13(16(21)23-3)10-25-26-11-15(18-2)17(22)24-4;1-12(19)7-5-3-4-6-8-14(20)9-13(16(21)22)10-25-26-11-15(18-2)17(23)24;1-10(17)5-3-4-6-12(18)7-11(14(19)20)8-23-24-9-13(16-2)15(21)22/h17,19,22H,5-15H2,1-4H3;15,17,20H,5-13H2,1-4H3;13,15,18H,5-11H2,1-4H3;13,15,18H,3-11H2,1-2H3,(H,21,22)(H,23,24);11,13,16H,3-9H2,1-2H3,(H,19,20)(H,21,22). The quantitative estimate of drug-likeness (QED) is 0.0118. The zero-order chi connectivity index (χ0) is 103. The second-order valence-corrected chi connectivity index (χ2v) is 43.9. The lowest BCUT2D eigenvalue weighted by Crippen LogP contribution is -2.37. The molecule has 0 aliphatic rings. The predicted molar refractivity (Wildman–Crippen MR) is 540 cm³/mol. The van der Waals surface area contributed by atoms with Crippen LogP contribution in [0.1, 0.15) is 247 Å². The molecule has 0 aromatic carbocycles. The molecule has 774 valence electrons. The van der Waals surface area contributed by atoms with Gasteiger partial charge >= 0.3 is 59.7 Å². The summed E-state index contributed by atoms with van der Waals surface area (Å²) in [6.45, 7) is 7.79. The zero-order valence-electron chi connectivity index (χ0n) is 81.2. The average Bonchev–Trinajstić information content (AvgIpc) is 0.827. The molecular formula is C89H153N5O30S10. The van der Waals surface area contributed by atoms with E-state index in [1.54, 1.807) is 56.0 Å². The average molecular weight is 2090 g/mol. The van der Waals surface area contributed by atoms with Crippen LogP contribution in [0, 0.1) is 29.6 Å². The maximum atomic E-state index is 12.3. The molecule has 0 spiro atoms. The molecule has 0 aliphatic carbocycles. The molecular weight excluding hydrogens is 1940 g/mol. The van der Waals surface area contributed by atoms with Crippen LogP contribution in [0.25, 0.3) is 0 Å². The first-order valence-corrected chi connectivity index (χ1v) is 57.1. The first kappa shape index (κ1) is 137. The second-order valence-electron chi connectivity index (χ2n) is 31.1. The number of carbonyl (C=O) groups is 20. The van der Waals surface area contributed by atoms with E-state index in [-0.39, 0.29) is 138 Å². The Hall–Kier alpha value is -5.30. The van der Waals surface area contributed by atoms with Crippen LogP contribution in [-0.4, -0.2) is 304 Å². The van der Waals surface area contributed by atoms with Crippen LogP contribution >= 0.6 is 108 Å². The molecule has 0 amide bonds. The number of rotatable bonds is 83. The maximum absolute atomic E-state index is 12.3. The van der Waals surface area contributed by atoms with Gasteiger partial charge in [-0.2, -0.15) is 0 Å². The van der Waals surface area contributed by atoms with Crippen molar-refractivity contribution in [2.24, 2.45) is 29.6 Å². The van der Waals surface area contributed by atoms with Crippen molar-refractivity contribution in [1.29, 1.82) is 0 Å². The highest BCUT2D eigenvalue weighted by Gasteiger charge is 2.30. The molecule has 9 N–H and O–H groups in total. The van der Waals surface area contributed by atoms with Crippen molar-refractivity contribution < 1.29 is 145 Å². The van der Waals surface area contributed by atoms with Crippen molar-refractivity contribution in [2.45, 2.75) is 277 Å². The minimum absolute atomic E-state index is 0.00258. The van der Waals surface area contributed by atoms with Gasteiger partial charge in [0.15, 0.2) is 0 Å². The first-order chi connectivity index (χ1) is 63.6. The van der Waals surface area contributed by atoms with Gasteiger partial charge in [-0.25, -0.2) is 0 Å². The molecule has 45 heteroatoms. The van der Waals surface area contributed by atoms with E-state index in [2.05, 4.69) is 31.3 Å². The Labute approximate surface area is 832 Å². The number of carbonyl (C=O) groups excluding carboxylic acids is 16. The third kappa shape index (κ3) is 83.7. The fourth-order valence-corrected chi connectivity index (χ4v) is 24.0. The third-order valence-corrected chi connectivity index (χ3v) is 32.0. The summed E-state index contributed by atoms with van der Waals surface area (Å²) in [4.78, 5) is 229. The molecule has 0 aromatic heterocycles. The monoisotopic (exact) mass is 2090 g/mol. The van der Waals surface area contributed by atoms with Crippen LogP contribution in [0.2, 0.25) is 0 Å². The SMILES string of the molecule is CNC(CSSCC(CC(=O)CCCCC(C)=O)C(=O)O)C(=O)O.CNC(CSSCC(CC(=O)CCCCC(C)=O)C(=O)OC)C(=O)OC.CNC(CSSCC(CC(=O)CCCCCCC(C)=O)C(=O)O)C(=O)O.CNC(CSSCC(CC(=O)CCCCCCC(C)=O)C(=O)OC)C(=O)OC.CNC(CSSCC(CC(=O)CCCCCCCCC(C)=O)C(=O)OC)C(=O)OC. The van der Waals surface area contributed by atoms with E-state index in [1.165, 1.54) is 164 Å². The van der Waals surface area contributed by atoms with E-state index in [9.17, 15) is 106 Å². The summed E-state index contributed by atoms with van der Waals surface area (Å²) in [5.41, 5.74) is 0. The van der Waals surface area contributed by atoms with E-state index >= 15 is 0 Å². The van der Waals surface area contributed by atoms with Crippen LogP contribution in [0.5, 0.6) is 0 Å². The summed E-state index contributed by atoms with van der Waals surface area (Å²) in [6, 6.07) is -2.61. The Balaban J connectivity index is -0.000000518. The minimum atomic E-state index is -1.02. The van der Waals surface area contributed by atoms with Gasteiger partial charge in [-0.15, -0.1) is 0 Å². The van der Waals surface area contributed by atoms with Crippen molar-refractivity contribution in [3.8, 4) is 0 Å². The number of aliphatic carboxylic acids is 4. The van der Waals surface area contributed by atoms with Crippen LogP contribution in [0.15, 0.2) is 0 Å². The maximum Gasteiger partial charge on any atom is 0.323 e. The van der Waals surface area contributed by atoms with Gasteiger partial charge in [0, 0.05) is 154 Å². The predicted octanol–water partition coefficient (Wildman–Crippen LogP) is 12.9. The number of ketones is 10. The number of carboxylic acids is 4. The fourth-order valence-electron chi connectivity index (χ4n) is 11.4. The Morgan fingerprint density at radius 3 is 0.522 bits per heavy atom. The summed E-state index contributed by atoms with van der Waals surface area (Å²) in [6.07, 6.45) is 20.4. The number of esters is 6. The molecule has 0 saturated heterocycles. The number of methoxy groups -OCH3 is 6. The normalized spacial score (nSPS) is 13.0. The lowest BCUT2D eigenvalue weighted by Gasteiger charge is -2.15. The number of ether oxygens (including phenoxy) is 6. The van der Waals surface area contributed by atoms with E-state index in [0.29, 0.717) is 136 Å². The molecule has 0 fully saturated rings. The highest BCUT2D eigenvalue weighted by Crippen LogP contribution is 2.33. The molecule has 0 saturated carbocycles. The Bertz CT molecular complexity index is 3410. The summed E-state index contributed by atoms with van der Waals surface area (Å²) >= 11 is 0. The highest BCUT2D eigenvalue weighted by atomic mass is 33.1. The van der Waals surface area contributed by atoms with E-state index in [0.717, 1.165) is 83.5 Å². The van der Waals surface area contributed by atoms with Crippen molar-refractivity contribution in [2.75, 3.05) is 135 Å². The molecule has 0 rings (SSSR count). The van der Waals surface area contributed by atoms with Crippen molar-refractivity contribution in [3.05, 3.63) is 0 Å². The number of Topliss-reactive ketones (excluding diaryl/α,β-unsaturated/α-hetero) is 10. The molecule has 0 radical (unpaired) electrons. The molecule has 35 nitrogen and oxygen atoms in total. The van der Waals surface area contributed by atoms with Gasteiger partial charge in [0.2, 0.25) is 0 Å². The van der Waals surface area contributed by atoms with Gasteiger partial charge < -0.3 is 99.4 Å². The van der Waals surface area contributed by atoms with E-state index < -0.39 is 89.6 Å². The number of likely N-dealkylation sites (N-methyl/N-ethyl adjacent to an activating group) is 5. The van der Waals surface area contributed by atoms with E-state index in [4.69, 9.17) is 33.9 Å². The van der Waals surface area contributed by atoms with Crippen LogP contribution < -0.4 is 26.6 Å². The number of unbranched alkanes of at least 4 members (excludes halogenated alkanes) is 13. The molecule has 0 bridgehead atoms. The lowest BCUT2D eigenvalue weighted by atomic mass is 10.00. The van der Waals surface area contributed by atoms with Crippen molar-refractivity contribution in [1.82, 2.24) is 26.6 Å². The van der Waals surface area contributed by atoms with E-state index in [1.807, 2.05) is 0 Å². The lowest BCUT2D eigenvalue weighted by molar-refractivity contribution is -0.146. The van der Waals surface area contributed by atoms with Gasteiger partial charge in [-0.1, -0.05) is 159 Å². The van der Waals surface area contributed by atoms with Gasteiger partial charge in [0.1, 0.15) is 88.0 Å². The summed E-state index contributed by atoms with van der Waals surface area (Å²) in [7, 11) is 29.9. The molecule has 0 heterocycles. The van der Waals surface area contributed by atoms with Gasteiger partial charge in [-0.3, -0.25) is 71.9 Å². The topological polar surface area (TPSA) is 538 Å². The molecule has 134 heavy (non-hydrogen) atoms. The Morgan fingerprint density at radius 1 is 0.201 bits per heavy atom. The van der Waals surface area contributed by atoms with Gasteiger partial charge in [0.05, 0.1) is 72.2 Å². The first-order valence-electron chi connectivity index (χ1n) is 44.6. The van der Waals surface area contributed by atoms with Gasteiger partial charge in [0.25, 0.3) is 0 Å². The summed E-state index contributed by atoms with van der Waals surface area (Å²) in [5.74, 6) is -4.42. The molecule has 0 aromatic rings. The van der Waals surface area contributed by atoms with Crippen LogP contribution in [0.3, 0.4) is 0 Å². The van der Waals surface area contributed by atoms with Crippen LogP contribution in [-0.2, 0) is 124 Å². The fraction of sp³-hybridized carbons (Fsp3) is 0.775. The zero-order valence-corrected chi connectivity index (χ0v) is 89.3. The van der Waals surface area contributed by atoms with Crippen molar-refractivity contribution in [3.63, 3.8) is 0 Å². The third-order valence-electron chi connectivity index (χ3n) is 19.6. The summed E-state index contributed by atoms with van der Waals surface area (Å²) in [5, 5.41) is 50.2. The largest absolute Gasteiger partial charge is 0.481 e. The molecule has 10 atom stereocenters.